The van der Waals surface area contributed by atoms with Gasteiger partial charge in [0.25, 0.3) is 0 Å². The Morgan fingerprint density at radius 2 is 2.45 bits per heavy atom. The van der Waals surface area contributed by atoms with E-state index in [0.29, 0.717) is 6.54 Å². The Balaban J connectivity index is 2.46. The maximum Gasteiger partial charge on any atom is 0.326 e. The van der Waals surface area contributed by atoms with Crippen LogP contribution in [-0.4, -0.2) is 36.2 Å². The Labute approximate surface area is 64.6 Å². The standard InChI is InChI=1S/C6H12N2O3/c1-4-2-7-5(6(9)10)3-8(4)11/h4-5,7-8H,2-3H2,1H3,(H,9,10). The summed E-state index contributed by atoms with van der Waals surface area (Å²) in [5.41, 5.74) is 0. The van der Waals surface area contributed by atoms with Crippen LogP contribution in [0.3, 0.4) is 0 Å². The lowest BCUT2D eigenvalue weighted by Crippen LogP contribution is -3.15. The van der Waals surface area contributed by atoms with E-state index in [-0.39, 0.29) is 17.6 Å². The second-order valence-corrected chi connectivity index (χ2v) is 2.87. The fraction of sp³-hybridized carbons (Fsp3) is 0.833. The summed E-state index contributed by atoms with van der Waals surface area (Å²) in [6, 6.07) is -0.704. The van der Waals surface area contributed by atoms with E-state index in [4.69, 9.17) is 5.11 Å². The van der Waals surface area contributed by atoms with E-state index in [1.807, 2.05) is 0 Å². The summed E-state index contributed by atoms with van der Waals surface area (Å²) in [5, 5.41) is 22.3. The summed E-state index contributed by atoms with van der Waals surface area (Å²) in [6.45, 7) is 2.40. The minimum atomic E-state index is -0.940. The lowest BCUT2D eigenvalue weighted by atomic mass is 10.2. The van der Waals surface area contributed by atoms with Crippen molar-refractivity contribution in [3.05, 3.63) is 5.21 Å². The van der Waals surface area contributed by atoms with Gasteiger partial charge in [-0.25, -0.2) is 0 Å². The van der Waals surface area contributed by atoms with Crippen molar-refractivity contribution in [2.24, 2.45) is 0 Å². The third-order valence-electron chi connectivity index (χ3n) is 1.92. The first kappa shape index (κ1) is 8.45. The first-order valence-corrected chi connectivity index (χ1v) is 3.60. The number of carboxylic acid groups (broad SMARTS) is 1. The quantitative estimate of drug-likeness (QED) is 0.381. The first-order chi connectivity index (χ1) is 5.11. The predicted molar refractivity (Wildman–Crippen MR) is 38.1 cm³/mol. The van der Waals surface area contributed by atoms with E-state index in [2.05, 4.69) is 5.32 Å². The number of quaternary nitrogens is 1. The zero-order valence-electron chi connectivity index (χ0n) is 6.33. The van der Waals surface area contributed by atoms with Gasteiger partial charge in [0.1, 0.15) is 6.54 Å². The van der Waals surface area contributed by atoms with Gasteiger partial charge in [0.2, 0.25) is 0 Å². The van der Waals surface area contributed by atoms with Crippen LogP contribution >= 0.6 is 0 Å². The van der Waals surface area contributed by atoms with Crippen molar-refractivity contribution < 1.29 is 15.0 Å². The third-order valence-corrected chi connectivity index (χ3v) is 1.92. The predicted octanol–water partition coefficient (Wildman–Crippen LogP) is -2.19. The second-order valence-electron chi connectivity index (χ2n) is 2.87. The lowest BCUT2D eigenvalue weighted by Gasteiger charge is -2.36. The average molecular weight is 160 g/mol. The van der Waals surface area contributed by atoms with Crippen LogP contribution in [0, 0.1) is 5.21 Å². The van der Waals surface area contributed by atoms with Gasteiger partial charge in [-0.15, -0.1) is 0 Å². The number of nitrogens with one attached hydrogen (secondary N) is 2. The van der Waals surface area contributed by atoms with E-state index in [0.717, 1.165) is 0 Å². The van der Waals surface area contributed by atoms with Gasteiger partial charge >= 0.3 is 5.97 Å². The maximum absolute atomic E-state index is 11.0. The van der Waals surface area contributed by atoms with Crippen LogP contribution in [0.1, 0.15) is 6.92 Å². The number of piperazine rings is 1. The molecule has 1 heterocycles. The molecule has 1 aliphatic heterocycles. The van der Waals surface area contributed by atoms with Gasteiger partial charge in [0.15, 0.2) is 6.04 Å². The molecule has 0 aromatic heterocycles. The molecule has 0 bridgehead atoms. The monoisotopic (exact) mass is 160 g/mol. The molecule has 1 rings (SSSR count). The Bertz CT molecular complexity index is 162. The number of aliphatic carboxylic acids is 1. The van der Waals surface area contributed by atoms with Gasteiger partial charge in [0, 0.05) is 6.54 Å². The molecule has 0 amide bonds. The van der Waals surface area contributed by atoms with E-state index in [9.17, 15) is 10.0 Å². The lowest BCUT2D eigenvalue weighted by molar-refractivity contribution is -0.877. The highest BCUT2D eigenvalue weighted by Crippen LogP contribution is 1.87. The number of hydroxylamine groups is 2. The molecular formula is C6H12N2O3. The van der Waals surface area contributed by atoms with Crippen LogP contribution in [0.4, 0.5) is 0 Å². The van der Waals surface area contributed by atoms with Crippen LogP contribution < -0.4 is 10.4 Å². The van der Waals surface area contributed by atoms with Crippen molar-refractivity contribution in [2.75, 3.05) is 13.1 Å². The van der Waals surface area contributed by atoms with E-state index < -0.39 is 12.0 Å². The molecule has 0 aromatic rings. The number of hydrogen-bond acceptors (Lipinski definition) is 3. The van der Waals surface area contributed by atoms with Crippen molar-refractivity contribution in [1.29, 1.82) is 0 Å². The van der Waals surface area contributed by atoms with Gasteiger partial charge in [0.05, 0.1) is 6.04 Å². The molecule has 11 heavy (non-hydrogen) atoms. The molecule has 0 radical (unpaired) electrons. The number of carbonyl (C=O) groups is 1. The molecule has 1 fully saturated rings. The van der Waals surface area contributed by atoms with Gasteiger partial charge in [-0.05, 0) is 6.92 Å². The highest BCUT2D eigenvalue weighted by Gasteiger charge is 2.27. The van der Waals surface area contributed by atoms with Gasteiger partial charge < -0.3 is 15.4 Å². The summed E-state index contributed by atoms with van der Waals surface area (Å²) in [5.74, 6) is -0.940. The smallest absolute Gasteiger partial charge is 0.326 e. The number of carboxylic acids is 1. The number of hydrogen-bond donors (Lipinski definition) is 3. The minimum absolute atomic E-state index is 0.0365. The Morgan fingerprint density at radius 3 is 2.91 bits per heavy atom. The summed E-state index contributed by atoms with van der Waals surface area (Å²) in [4.78, 5) is 10.4. The Kier molecular flexibility index (Phi) is 2.43. The van der Waals surface area contributed by atoms with E-state index in [1.54, 1.807) is 6.92 Å². The van der Waals surface area contributed by atoms with Crippen molar-refractivity contribution in [3.8, 4) is 0 Å². The summed E-state index contributed by atoms with van der Waals surface area (Å²) >= 11 is 0. The fourth-order valence-corrected chi connectivity index (χ4v) is 1.08. The molecule has 0 spiro atoms. The minimum Gasteiger partial charge on any atom is -0.634 e. The first-order valence-electron chi connectivity index (χ1n) is 3.60. The second kappa shape index (κ2) is 3.17. The molecule has 3 atom stereocenters. The van der Waals surface area contributed by atoms with Crippen molar-refractivity contribution >= 4 is 5.97 Å². The van der Waals surface area contributed by atoms with Crippen LogP contribution in [0.15, 0.2) is 0 Å². The summed E-state index contributed by atoms with van der Waals surface area (Å²) < 4.78 is 0. The van der Waals surface area contributed by atoms with Gasteiger partial charge in [-0.2, -0.15) is 0 Å². The molecule has 3 N–H and O–H groups in total. The topological polar surface area (TPSA) is 76.8 Å². The largest absolute Gasteiger partial charge is 0.634 e. The maximum atomic E-state index is 11.0. The number of rotatable bonds is 1. The molecule has 0 aliphatic carbocycles. The third kappa shape index (κ3) is 1.89. The molecule has 0 saturated carbocycles. The van der Waals surface area contributed by atoms with Gasteiger partial charge in [-0.1, -0.05) is 0 Å². The van der Waals surface area contributed by atoms with Crippen molar-refractivity contribution in [2.45, 2.75) is 19.0 Å². The fourth-order valence-electron chi connectivity index (χ4n) is 1.08. The normalized spacial score (nSPS) is 38.5. The summed E-state index contributed by atoms with van der Waals surface area (Å²) in [7, 11) is 0. The highest BCUT2D eigenvalue weighted by atomic mass is 16.5. The average Bonchev–Trinajstić information content (AvgIpc) is 1.94. The molecular weight excluding hydrogens is 148 g/mol. The summed E-state index contributed by atoms with van der Waals surface area (Å²) in [6.07, 6.45) is 0. The Morgan fingerprint density at radius 1 is 1.82 bits per heavy atom. The molecule has 64 valence electrons. The molecule has 3 unspecified atom stereocenters. The zero-order chi connectivity index (χ0) is 8.43. The van der Waals surface area contributed by atoms with Crippen LogP contribution in [0.5, 0.6) is 0 Å². The molecule has 1 aliphatic rings. The van der Waals surface area contributed by atoms with Gasteiger partial charge in [-0.3, -0.25) is 10.1 Å². The molecule has 5 nitrogen and oxygen atoms in total. The SMILES string of the molecule is CC1CNC(C(=O)O)C[NH+]1[O-]. The van der Waals surface area contributed by atoms with Crippen LogP contribution in [0.25, 0.3) is 0 Å². The van der Waals surface area contributed by atoms with Crippen LogP contribution in [0.2, 0.25) is 0 Å². The van der Waals surface area contributed by atoms with E-state index in [1.165, 1.54) is 0 Å². The molecule has 0 aromatic carbocycles. The zero-order valence-corrected chi connectivity index (χ0v) is 6.33. The highest BCUT2D eigenvalue weighted by molar-refractivity contribution is 5.73. The van der Waals surface area contributed by atoms with E-state index >= 15 is 0 Å². The Hall–Kier alpha value is -0.650. The molecule has 1 saturated heterocycles. The molecule has 5 heteroatoms. The van der Waals surface area contributed by atoms with Crippen molar-refractivity contribution in [3.63, 3.8) is 0 Å². The van der Waals surface area contributed by atoms with Crippen LogP contribution in [-0.2, 0) is 4.79 Å². The van der Waals surface area contributed by atoms with Crippen molar-refractivity contribution in [1.82, 2.24) is 5.32 Å².